The van der Waals surface area contributed by atoms with Crippen molar-refractivity contribution in [2.75, 3.05) is 6.61 Å². The fourth-order valence-electron chi connectivity index (χ4n) is 2.12. The van der Waals surface area contributed by atoms with Crippen LogP contribution in [0.3, 0.4) is 0 Å². The van der Waals surface area contributed by atoms with Gasteiger partial charge in [-0.05, 0) is 31.2 Å². The number of nitrogens with zero attached hydrogens (tertiary/aromatic N) is 1. The van der Waals surface area contributed by atoms with E-state index in [1.165, 1.54) is 16.7 Å². The number of alkyl halides is 2. The molecule has 1 aromatic heterocycles. The number of carbonyl (C=O) groups is 3. The Morgan fingerprint density at radius 1 is 1.21 bits per heavy atom. The number of thiazole rings is 1. The summed E-state index contributed by atoms with van der Waals surface area (Å²) in [5, 5.41) is 3.67. The predicted molar refractivity (Wildman–Crippen MR) is 94.4 cm³/mol. The molecule has 0 aliphatic carbocycles. The number of hydrogen-bond acceptors (Lipinski definition) is 7. The molecule has 0 radical (unpaired) electrons. The molecule has 11 heteroatoms. The van der Waals surface area contributed by atoms with Gasteiger partial charge in [0.1, 0.15) is 5.75 Å². The fourth-order valence-corrected chi connectivity index (χ4v) is 2.88. The maximum atomic E-state index is 12.1. The van der Waals surface area contributed by atoms with E-state index < -0.39 is 31.0 Å². The van der Waals surface area contributed by atoms with Crippen molar-refractivity contribution in [2.45, 2.75) is 26.5 Å². The van der Waals surface area contributed by atoms with Gasteiger partial charge in [-0.2, -0.15) is 8.78 Å². The van der Waals surface area contributed by atoms with Crippen LogP contribution in [0.5, 0.6) is 5.75 Å². The summed E-state index contributed by atoms with van der Waals surface area (Å²) in [7, 11) is 0. The Balaban J connectivity index is 1.76. The van der Waals surface area contributed by atoms with E-state index in [4.69, 9.17) is 4.74 Å². The standard InChI is InChI=1S/C17H16F2N2O6S/c1-10-9-28-17(25)21(10)7-6-14(23)26-8-13(22)20-15(24)11-2-4-12(5-3-11)27-16(18)19/h2-5,9,16H,6-8H2,1H3,(H,20,22,24). The van der Waals surface area contributed by atoms with Gasteiger partial charge in [0.15, 0.2) is 6.61 Å². The van der Waals surface area contributed by atoms with Gasteiger partial charge in [-0.15, -0.1) is 0 Å². The number of nitrogens with one attached hydrogen (secondary N) is 1. The minimum atomic E-state index is -2.99. The predicted octanol–water partition coefficient (Wildman–Crippen LogP) is 1.71. The average Bonchev–Trinajstić information content (AvgIpc) is 2.96. The molecule has 8 nitrogen and oxygen atoms in total. The number of esters is 1. The molecule has 0 fully saturated rings. The highest BCUT2D eigenvalue weighted by molar-refractivity contribution is 7.07. The number of ether oxygens (including phenoxy) is 2. The van der Waals surface area contributed by atoms with Crippen LogP contribution in [-0.2, 0) is 20.9 Å². The molecule has 150 valence electrons. The number of hydrogen-bond donors (Lipinski definition) is 1. The number of halogens is 2. The molecule has 0 unspecified atom stereocenters. The maximum absolute atomic E-state index is 12.1. The van der Waals surface area contributed by atoms with Crippen molar-refractivity contribution in [1.29, 1.82) is 0 Å². The average molecular weight is 414 g/mol. The molecule has 2 rings (SSSR count). The molecule has 0 saturated heterocycles. The zero-order valence-corrected chi connectivity index (χ0v) is 15.5. The van der Waals surface area contributed by atoms with Gasteiger partial charge in [0.25, 0.3) is 11.8 Å². The van der Waals surface area contributed by atoms with Crippen LogP contribution in [0, 0.1) is 6.92 Å². The van der Waals surface area contributed by atoms with E-state index in [9.17, 15) is 28.0 Å². The third-order valence-electron chi connectivity index (χ3n) is 3.47. The minimum Gasteiger partial charge on any atom is -0.456 e. The summed E-state index contributed by atoms with van der Waals surface area (Å²) in [6, 6.07) is 4.71. The van der Waals surface area contributed by atoms with Crippen molar-refractivity contribution in [1.82, 2.24) is 9.88 Å². The van der Waals surface area contributed by atoms with Gasteiger partial charge in [0.2, 0.25) is 0 Å². The summed E-state index contributed by atoms with van der Waals surface area (Å²) in [4.78, 5) is 46.6. The summed E-state index contributed by atoms with van der Waals surface area (Å²) in [6.07, 6.45) is -0.107. The van der Waals surface area contributed by atoms with Gasteiger partial charge in [0, 0.05) is 23.2 Å². The number of imide groups is 1. The van der Waals surface area contributed by atoms with Crippen LogP contribution in [0.1, 0.15) is 22.5 Å². The molecule has 2 amide bonds. The molecule has 0 atom stereocenters. The third-order valence-corrected chi connectivity index (χ3v) is 4.36. The molecule has 2 aromatic rings. The Hall–Kier alpha value is -3.08. The van der Waals surface area contributed by atoms with Gasteiger partial charge in [0.05, 0.1) is 6.42 Å². The Bertz CT molecular complexity index is 907. The summed E-state index contributed by atoms with van der Waals surface area (Å²) in [5.74, 6) is -2.47. The molecule has 0 saturated carbocycles. The van der Waals surface area contributed by atoms with Crippen molar-refractivity contribution >= 4 is 29.1 Å². The topological polar surface area (TPSA) is 104 Å². The fraction of sp³-hybridized carbons (Fsp3) is 0.294. The van der Waals surface area contributed by atoms with Crippen LogP contribution in [0.25, 0.3) is 0 Å². The zero-order valence-electron chi connectivity index (χ0n) is 14.6. The molecule has 1 N–H and O–H groups in total. The quantitative estimate of drug-likeness (QED) is 0.660. The van der Waals surface area contributed by atoms with Gasteiger partial charge in [-0.25, -0.2) is 0 Å². The van der Waals surface area contributed by atoms with Crippen molar-refractivity contribution in [3.05, 3.63) is 50.6 Å². The molecule has 28 heavy (non-hydrogen) atoms. The first-order chi connectivity index (χ1) is 13.3. The van der Waals surface area contributed by atoms with E-state index in [1.807, 2.05) is 5.32 Å². The third kappa shape index (κ3) is 6.27. The number of amides is 2. The summed E-state index contributed by atoms with van der Waals surface area (Å²) in [6.45, 7) is -1.80. The lowest BCUT2D eigenvalue weighted by Gasteiger charge is -2.08. The lowest BCUT2D eigenvalue weighted by atomic mass is 10.2. The summed E-state index contributed by atoms with van der Waals surface area (Å²) < 4.78 is 34.5. The van der Waals surface area contributed by atoms with Crippen LogP contribution in [-0.4, -0.2) is 35.6 Å². The highest BCUT2D eigenvalue weighted by atomic mass is 32.1. The smallest absolute Gasteiger partial charge is 0.387 e. The van der Waals surface area contributed by atoms with E-state index in [0.29, 0.717) is 0 Å². The molecule has 1 heterocycles. The zero-order chi connectivity index (χ0) is 20.7. The van der Waals surface area contributed by atoms with Crippen molar-refractivity contribution in [3.8, 4) is 5.75 Å². The van der Waals surface area contributed by atoms with Gasteiger partial charge in [-0.3, -0.25) is 24.5 Å². The van der Waals surface area contributed by atoms with Crippen LogP contribution < -0.4 is 14.9 Å². The first-order valence-electron chi connectivity index (χ1n) is 7.96. The second-order valence-corrected chi connectivity index (χ2v) is 6.31. The van der Waals surface area contributed by atoms with Crippen molar-refractivity contribution in [3.63, 3.8) is 0 Å². The normalized spacial score (nSPS) is 10.6. The second-order valence-electron chi connectivity index (χ2n) is 5.49. The molecular weight excluding hydrogens is 398 g/mol. The number of carbonyl (C=O) groups excluding carboxylic acids is 3. The van der Waals surface area contributed by atoms with Crippen molar-refractivity contribution < 1.29 is 32.6 Å². The molecule has 0 bridgehead atoms. The second kappa shape index (κ2) is 9.74. The van der Waals surface area contributed by atoms with E-state index >= 15 is 0 Å². The Morgan fingerprint density at radius 2 is 1.89 bits per heavy atom. The monoisotopic (exact) mass is 414 g/mol. The minimum absolute atomic E-state index is 0.0357. The van der Waals surface area contributed by atoms with E-state index in [-0.39, 0.29) is 29.2 Å². The molecule has 0 aliphatic rings. The SMILES string of the molecule is Cc1csc(=O)n1CCC(=O)OCC(=O)NC(=O)c1ccc(OC(F)F)cc1. The summed E-state index contributed by atoms with van der Waals surface area (Å²) >= 11 is 1.02. The number of benzene rings is 1. The van der Waals surface area contributed by atoms with E-state index in [0.717, 1.165) is 29.2 Å². The van der Waals surface area contributed by atoms with E-state index in [2.05, 4.69) is 4.74 Å². The van der Waals surface area contributed by atoms with Gasteiger partial charge in [-0.1, -0.05) is 11.3 Å². The van der Waals surface area contributed by atoms with Crippen LogP contribution >= 0.6 is 11.3 Å². The van der Waals surface area contributed by atoms with E-state index in [1.54, 1.807) is 12.3 Å². The first kappa shape index (κ1) is 21.2. The van der Waals surface area contributed by atoms with Crippen molar-refractivity contribution in [2.24, 2.45) is 0 Å². The highest BCUT2D eigenvalue weighted by Crippen LogP contribution is 2.14. The lowest BCUT2D eigenvalue weighted by molar-refractivity contribution is -0.148. The number of aromatic nitrogens is 1. The largest absolute Gasteiger partial charge is 0.456 e. The van der Waals surface area contributed by atoms with Crippen LogP contribution in [0.2, 0.25) is 0 Å². The lowest BCUT2D eigenvalue weighted by Crippen LogP contribution is -2.34. The Labute approximate surface area is 161 Å². The molecule has 1 aromatic carbocycles. The van der Waals surface area contributed by atoms with Crippen LogP contribution in [0.4, 0.5) is 8.78 Å². The van der Waals surface area contributed by atoms with Gasteiger partial charge >= 0.3 is 17.5 Å². The number of aryl methyl sites for hydroxylation is 1. The highest BCUT2D eigenvalue weighted by Gasteiger charge is 2.14. The maximum Gasteiger partial charge on any atom is 0.387 e. The van der Waals surface area contributed by atoms with Gasteiger partial charge < -0.3 is 14.0 Å². The first-order valence-corrected chi connectivity index (χ1v) is 8.84. The molecular formula is C17H16F2N2O6S. The Kier molecular flexibility index (Phi) is 7.38. The van der Waals surface area contributed by atoms with Crippen LogP contribution in [0.15, 0.2) is 34.4 Å². The number of rotatable bonds is 8. The molecule has 0 spiro atoms. The summed E-state index contributed by atoms with van der Waals surface area (Å²) in [5.41, 5.74) is 0.754. The molecule has 0 aliphatic heterocycles. The Morgan fingerprint density at radius 3 is 2.46 bits per heavy atom.